The lowest BCUT2D eigenvalue weighted by molar-refractivity contribution is 0.117. The van der Waals surface area contributed by atoms with Gasteiger partial charge in [0.05, 0.1) is 10.7 Å². The zero-order valence-corrected chi connectivity index (χ0v) is 12.8. The van der Waals surface area contributed by atoms with Crippen molar-refractivity contribution in [2.24, 2.45) is 0 Å². The number of hydrogen-bond acceptors (Lipinski definition) is 3. The van der Waals surface area contributed by atoms with Gasteiger partial charge in [-0.2, -0.15) is 0 Å². The molecular formula is C17H20ClNO2. The number of para-hydroxylation sites is 1. The quantitative estimate of drug-likeness (QED) is 0.818. The van der Waals surface area contributed by atoms with Crippen LogP contribution < -0.4 is 10.1 Å². The molecule has 0 amide bonds. The van der Waals surface area contributed by atoms with Crippen LogP contribution in [0.5, 0.6) is 5.75 Å². The number of hydrogen-bond donors (Lipinski definition) is 2. The molecule has 112 valence electrons. The van der Waals surface area contributed by atoms with E-state index < -0.39 is 6.10 Å². The predicted molar refractivity (Wildman–Crippen MR) is 87.3 cm³/mol. The Morgan fingerprint density at radius 3 is 2.52 bits per heavy atom. The highest BCUT2D eigenvalue weighted by molar-refractivity contribution is 6.33. The van der Waals surface area contributed by atoms with Crippen LogP contribution in [0.1, 0.15) is 12.5 Å². The third kappa shape index (κ3) is 4.96. The van der Waals surface area contributed by atoms with Crippen LogP contribution in [0.15, 0.2) is 48.5 Å². The predicted octanol–water partition coefficient (Wildman–Crippen LogP) is 3.75. The van der Waals surface area contributed by atoms with Crippen molar-refractivity contribution in [3.63, 3.8) is 0 Å². The minimum atomic E-state index is -0.605. The number of nitrogens with one attached hydrogen (secondary N) is 1. The molecule has 21 heavy (non-hydrogen) atoms. The molecule has 0 saturated heterocycles. The Kier molecular flexibility index (Phi) is 5.90. The molecule has 3 nitrogen and oxygen atoms in total. The first-order valence-electron chi connectivity index (χ1n) is 7.07. The minimum absolute atomic E-state index is 0.239. The monoisotopic (exact) mass is 305 g/mol. The fraction of sp³-hybridized carbons (Fsp3) is 0.294. The number of halogens is 1. The van der Waals surface area contributed by atoms with Gasteiger partial charge in [-0.05, 0) is 36.2 Å². The summed E-state index contributed by atoms with van der Waals surface area (Å²) >= 11 is 6.03. The standard InChI is InChI=1S/C17H20ClNO2/c1-2-13-7-9-15(10-8-13)21-12-14(20)11-19-17-6-4-3-5-16(17)18/h3-10,14,19-20H,2,11-12H2,1H3. The summed E-state index contributed by atoms with van der Waals surface area (Å²) in [4.78, 5) is 0. The zero-order chi connectivity index (χ0) is 15.1. The number of aliphatic hydroxyl groups excluding tert-OH is 1. The van der Waals surface area contributed by atoms with Gasteiger partial charge >= 0.3 is 0 Å². The topological polar surface area (TPSA) is 41.5 Å². The van der Waals surface area contributed by atoms with Crippen molar-refractivity contribution in [2.45, 2.75) is 19.4 Å². The molecule has 0 heterocycles. The normalized spacial score (nSPS) is 12.0. The average Bonchev–Trinajstić information content (AvgIpc) is 2.52. The van der Waals surface area contributed by atoms with Crippen LogP contribution >= 0.6 is 11.6 Å². The molecule has 2 aromatic carbocycles. The van der Waals surface area contributed by atoms with Gasteiger partial charge in [0, 0.05) is 6.54 Å². The molecule has 0 aromatic heterocycles. The van der Waals surface area contributed by atoms with Gasteiger partial charge < -0.3 is 15.2 Å². The summed E-state index contributed by atoms with van der Waals surface area (Å²) in [6.07, 6.45) is 0.400. The van der Waals surface area contributed by atoms with Crippen LogP contribution in [0.25, 0.3) is 0 Å². The van der Waals surface area contributed by atoms with Gasteiger partial charge in [0.2, 0.25) is 0 Å². The number of ether oxygens (including phenoxy) is 1. The summed E-state index contributed by atoms with van der Waals surface area (Å²) in [7, 11) is 0. The molecule has 0 saturated carbocycles. The van der Waals surface area contributed by atoms with E-state index in [0.29, 0.717) is 11.6 Å². The molecule has 2 rings (SSSR count). The SMILES string of the molecule is CCc1ccc(OCC(O)CNc2ccccc2Cl)cc1. The molecule has 0 fully saturated rings. The summed E-state index contributed by atoms with van der Waals surface area (Å²) in [5, 5.41) is 13.7. The van der Waals surface area contributed by atoms with Crippen molar-refractivity contribution < 1.29 is 9.84 Å². The van der Waals surface area contributed by atoms with Crippen molar-refractivity contribution >= 4 is 17.3 Å². The van der Waals surface area contributed by atoms with Crippen LogP contribution in [0.3, 0.4) is 0 Å². The smallest absolute Gasteiger partial charge is 0.119 e. The van der Waals surface area contributed by atoms with Crippen molar-refractivity contribution in [3.8, 4) is 5.75 Å². The second kappa shape index (κ2) is 7.91. The number of rotatable bonds is 7. The first-order chi connectivity index (χ1) is 10.2. The van der Waals surface area contributed by atoms with Crippen LogP contribution in [-0.2, 0) is 6.42 Å². The molecule has 0 radical (unpaired) electrons. The van der Waals surface area contributed by atoms with Gasteiger partial charge in [-0.15, -0.1) is 0 Å². The van der Waals surface area contributed by atoms with Crippen LogP contribution in [-0.4, -0.2) is 24.4 Å². The maximum absolute atomic E-state index is 9.93. The lowest BCUT2D eigenvalue weighted by Crippen LogP contribution is -2.26. The van der Waals surface area contributed by atoms with E-state index in [9.17, 15) is 5.11 Å². The Bertz CT molecular complexity index is 557. The fourth-order valence-corrected chi connectivity index (χ4v) is 2.11. The van der Waals surface area contributed by atoms with Gasteiger partial charge in [-0.1, -0.05) is 42.8 Å². The van der Waals surface area contributed by atoms with Crippen LogP contribution in [0, 0.1) is 0 Å². The Labute approximate surface area is 130 Å². The van der Waals surface area contributed by atoms with Gasteiger partial charge in [-0.3, -0.25) is 0 Å². The summed E-state index contributed by atoms with van der Waals surface area (Å²) in [5.41, 5.74) is 2.08. The van der Waals surface area contributed by atoms with E-state index >= 15 is 0 Å². The summed E-state index contributed by atoms with van der Waals surface area (Å²) in [6.45, 7) is 2.74. The van der Waals surface area contributed by atoms with Gasteiger partial charge in [0.25, 0.3) is 0 Å². The Hall–Kier alpha value is -1.71. The first-order valence-corrected chi connectivity index (χ1v) is 7.45. The Balaban J connectivity index is 1.76. The third-order valence-corrected chi connectivity index (χ3v) is 3.51. The molecule has 0 spiro atoms. The number of benzene rings is 2. The minimum Gasteiger partial charge on any atom is -0.491 e. The highest BCUT2D eigenvalue weighted by Crippen LogP contribution is 2.20. The van der Waals surface area contributed by atoms with Crippen molar-refractivity contribution in [1.29, 1.82) is 0 Å². The average molecular weight is 306 g/mol. The summed E-state index contributed by atoms with van der Waals surface area (Å²) in [6, 6.07) is 15.4. The first kappa shape index (κ1) is 15.7. The van der Waals surface area contributed by atoms with Crippen molar-refractivity contribution in [1.82, 2.24) is 0 Å². The van der Waals surface area contributed by atoms with E-state index in [1.807, 2.05) is 48.5 Å². The Morgan fingerprint density at radius 1 is 1.14 bits per heavy atom. The van der Waals surface area contributed by atoms with E-state index in [2.05, 4.69) is 12.2 Å². The fourth-order valence-electron chi connectivity index (χ4n) is 1.91. The second-order valence-corrected chi connectivity index (χ2v) is 5.23. The van der Waals surface area contributed by atoms with Crippen molar-refractivity contribution in [3.05, 3.63) is 59.1 Å². The maximum atomic E-state index is 9.93. The molecule has 0 aliphatic carbocycles. The van der Waals surface area contributed by atoms with E-state index in [0.717, 1.165) is 17.9 Å². The molecule has 1 atom stereocenters. The molecule has 0 aliphatic rings. The molecular weight excluding hydrogens is 286 g/mol. The molecule has 1 unspecified atom stereocenters. The van der Waals surface area contributed by atoms with Gasteiger partial charge in [0.1, 0.15) is 18.5 Å². The summed E-state index contributed by atoms with van der Waals surface area (Å²) in [5.74, 6) is 0.768. The molecule has 2 aromatic rings. The van der Waals surface area contributed by atoms with E-state index in [-0.39, 0.29) is 6.61 Å². The van der Waals surface area contributed by atoms with E-state index in [1.54, 1.807) is 0 Å². The van der Waals surface area contributed by atoms with E-state index in [1.165, 1.54) is 5.56 Å². The van der Waals surface area contributed by atoms with Gasteiger partial charge in [-0.25, -0.2) is 0 Å². The third-order valence-electron chi connectivity index (χ3n) is 3.18. The molecule has 2 N–H and O–H groups in total. The van der Waals surface area contributed by atoms with Gasteiger partial charge in [0.15, 0.2) is 0 Å². The number of aryl methyl sites for hydroxylation is 1. The molecule has 0 bridgehead atoms. The molecule has 0 aliphatic heterocycles. The lowest BCUT2D eigenvalue weighted by atomic mass is 10.2. The summed E-state index contributed by atoms with van der Waals surface area (Å²) < 4.78 is 5.56. The van der Waals surface area contributed by atoms with E-state index in [4.69, 9.17) is 16.3 Å². The zero-order valence-electron chi connectivity index (χ0n) is 12.1. The largest absolute Gasteiger partial charge is 0.491 e. The van der Waals surface area contributed by atoms with Crippen LogP contribution in [0.4, 0.5) is 5.69 Å². The Morgan fingerprint density at radius 2 is 1.86 bits per heavy atom. The molecule has 4 heteroatoms. The second-order valence-electron chi connectivity index (χ2n) is 4.82. The van der Waals surface area contributed by atoms with Crippen LogP contribution in [0.2, 0.25) is 5.02 Å². The highest BCUT2D eigenvalue weighted by Gasteiger charge is 2.06. The number of aliphatic hydroxyl groups is 1. The van der Waals surface area contributed by atoms with Crippen molar-refractivity contribution in [2.75, 3.05) is 18.5 Å². The highest BCUT2D eigenvalue weighted by atomic mass is 35.5. The maximum Gasteiger partial charge on any atom is 0.119 e. The lowest BCUT2D eigenvalue weighted by Gasteiger charge is -2.15. The number of anilines is 1.